The van der Waals surface area contributed by atoms with E-state index >= 15 is 0 Å². The van der Waals surface area contributed by atoms with Gasteiger partial charge in [-0.05, 0) is 100 Å². The lowest BCUT2D eigenvalue weighted by Gasteiger charge is -2.19. The number of nitrogens with zero attached hydrogens (tertiary/aromatic N) is 3. The Balaban J connectivity index is 1.53. The SMILES string of the molecule is Cc1nc(-c2cc3c([nH]2)c(=O)c(C)cn3-c2cc(NSC3CC3)ccc2Oc2c(C)cc(F)cc2C)n[nH]1. The van der Waals surface area contributed by atoms with Crippen molar-refractivity contribution in [1.29, 1.82) is 0 Å². The first kappa shape index (κ1) is 24.3. The summed E-state index contributed by atoms with van der Waals surface area (Å²) in [6.07, 6.45) is 4.23. The molecule has 2 aromatic carbocycles. The lowest BCUT2D eigenvalue weighted by atomic mass is 10.1. The van der Waals surface area contributed by atoms with Crippen molar-refractivity contribution in [2.45, 2.75) is 45.8 Å². The van der Waals surface area contributed by atoms with E-state index in [0.717, 1.165) is 11.4 Å². The van der Waals surface area contributed by atoms with Gasteiger partial charge in [-0.2, -0.15) is 5.10 Å². The fourth-order valence-electron chi connectivity index (χ4n) is 4.47. The average Bonchev–Trinajstić information content (AvgIpc) is 3.43. The molecule has 3 heterocycles. The van der Waals surface area contributed by atoms with Gasteiger partial charge in [-0.3, -0.25) is 9.89 Å². The molecule has 10 heteroatoms. The van der Waals surface area contributed by atoms with Gasteiger partial charge >= 0.3 is 0 Å². The minimum atomic E-state index is -0.302. The van der Waals surface area contributed by atoms with Crippen LogP contribution in [0.2, 0.25) is 0 Å². The molecular formula is C28H27FN6O2S. The minimum Gasteiger partial charge on any atom is -0.455 e. The zero-order valence-corrected chi connectivity index (χ0v) is 22.3. The number of H-pyrrole nitrogens is 2. The molecule has 0 radical (unpaired) electrons. The lowest BCUT2D eigenvalue weighted by Crippen LogP contribution is -2.11. The molecule has 0 amide bonds. The van der Waals surface area contributed by atoms with E-state index in [1.807, 2.05) is 55.8 Å². The van der Waals surface area contributed by atoms with Crippen LogP contribution >= 0.6 is 11.9 Å². The van der Waals surface area contributed by atoms with Crippen LogP contribution in [0.4, 0.5) is 10.1 Å². The fraction of sp³-hybridized carbons (Fsp3) is 0.250. The summed E-state index contributed by atoms with van der Waals surface area (Å²) in [5, 5.41) is 7.72. The van der Waals surface area contributed by atoms with Crippen LogP contribution in [0.3, 0.4) is 0 Å². The summed E-state index contributed by atoms with van der Waals surface area (Å²) in [7, 11) is 0. The first-order valence-electron chi connectivity index (χ1n) is 12.4. The first-order chi connectivity index (χ1) is 18.3. The summed E-state index contributed by atoms with van der Waals surface area (Å²) in [6.45, 7) is 7.26. The topological polar surface area (TPSA) is 101 Å². The average molecular weight is 531 g/mol. The van der Waals surface area contributed by atoms with Gasteiger partial charge in [0, 0.05) is 22.7 Å². The highest BCUT2D eigenvalue weighted by Crippen LogP contribution is 2.39. The molecular weight excluding hydrogens is 503 g/mol. The van der Waals surface area contributed by atoms with Crippen LogP contribution in [0.25, 0.3) is 28.2 Å². The Morgan fingerprint density at radius 2 is 1.84 bits per heavy atom. The second-order valence-electron chi connectivity index (χ2n) is 9.77. The van der Waals surface area contributed by atoms with Crippen LogP contribution in [0.5, 0.6) is 11.5 Å². The first-order valence-corrected chi connectivity index (χ1v) is 13.3. The molecule has 1 saturated carbocycles. The molecule has 38 heavy (non-hydrogen) atoms. The van der Waals surface area contributed by atoms with Gasteiger partial charge in [0.15, 0.2) is 11.6 Å². The van der Waals surface area contributed by atoms with E-state index in [4.69, 9.17) is 4.74 Å². The summed E-state index contributed by atoms with van der Waals surface area (Å²) in [6, 6.07) is 10.7. The smallest absolute Gasteiger partial charge is 0.208 e. The lowest BCUT2D eigenvalue weighted by molar-refractivity contribution is 0.470. The number of nitrogens with one attached hydrogen (secondary N) is 3. The molecule has 0 unspecified atom stereocenters. The van der Waals surface area contributed by atoms with E-state index in [1.54, 1.807) is 18.9 Å². The molecule has 0 atom stereocenters. The number of hydrogen-bond acceptors (Lipinski definition) is 6. The van der Waals surface area contributed by atoms with E-state index in [0.29, 0.717) is 61.8 Å². The molecule has 0 bridgehead atoms. The zero-order valence-electron chi connectivity index (χ0n) is 21.5. The Morgan fingerprint density at radius 3 is 2.53 bits per heavy atom. The van der Waals surface area contributed by atoms with E-state index in [-0.39, 0.29) is 11.2 Å². The number of benzene rings is 2. The van der Waals surface area contributed by atoms with Crippen molar-refractivity contribution in [2.24, 2.45) is 0 Å². The standard InChI is InChI=1S/C28H27FN6O2S/c1-14-9-18(29)10-15(2)27(14)37-24-8-5-19(34-38-20-6-7-20)11-22(24)35-13-16(3)26(36)25-23(35)12-21(31-25)28-30-17(4)32-33-28/h5,8-13,20,31,34H,6-7H2,1-4H3,(H,30,32,33). The summed E-state index contributed by atoms with van der Waals surface area (Å²) < 4.78 is 25.8. The van der Waals surface area contributed by atoms with Crippen LogP contribution in [0, 0.1) is 33.5 Å². The van der Waals surface area contributed by atoms with Crippen molar-refractivity contribution in [1.82, 2.24) is 24.7 Å². The summed E-state index contributed by atoms with van der Waals surface area (Å²) in [4.78, 5) is 20.8. The largest absolute Gasteiger partial charge is 0.455 e. The predicted octanol–water partition coefficient (Wildman–Crippen LogP) is 6.49. The third-order valence-electron chi connectivity index (χ3n) is 6.53. The monoisotopic (exact) mass is 530 g/mol. The van der Waals surface area contributed by atoms with Crippen LogP contribution in [-0.2, 0) is 0 Å². The normalized spacial score (nSPS) is 13.3. The fourth-order valence-corrected chi connectivity index (χ4v) is 5.27. The molecule has 194 valence electrons. The number of aromatic amines is 2. The van der Waals surface area contributed by atoms with Crippen molar-refractivity contribution in [2.75, 3.05) is 4.72 Å². The second kappa shape index (κ2) is 9.36. The van der Waals surface area contributed by atoms with E-state index < -0.39 is 0 Å². The van der Waals surface area contributed by atoms with Crippen LogP contribution in [0.1, 0.15) is 35.4 Å². The third-order valence-corrected chi connectivity index (χ3v) is 7.68. The molecule has 6 rings (SSSR count). The number of halogens is 1. The van der Waals surface area contributed by atoms with Gasteiger partial charge in [-0.25, -0.2) is 9.37 Å². The molecule has 1 aliphatic rings. The maximum Gasteiger partial charge on any atom is 0.208 e. The molecule has 3 aromatic heterocycles. The van der Waals surface area contributed by atoms with Crippen LogP contribution in [0.15, 0.2) is 47.4 Å². The Labute approximate surface area is 222 Å². The number of pyridine rings is 1. The van der Waals surface area contributed by atoms with Gasteiger partial charge in [0.05, 0.1) is 16.9 Å². The van der Waals surface area contributed by atoms with Crippen LogP contribution in [-0.4, -0.2) is 30.0 Å². The van der Waals surface area contributed by atoms with Crippen molar-refractivity contribution < 1.29 is 9.13 Å². The summed E-state index contributed by atoms with van der Waals surface area (Å²) in [5.41, 5.74) is 5.28. The zero-order chi connectivity index (χ0) is 26.6. The molecule has 3 N–H and O–H groups in total. The number of fused-ring (bicyclic) bond motifs is 1. The van der Waals surface area contributed by atoms with E-state index in [1.165, 1.54) is 25.0 Å². The third kappa shape index (κ3) is 4.56. The predicted molar refractivity (Wildman–Crippen MR) is 149 cm³/mol. The minimum absolute atomic E-state index is 0.0963. The molecule has 1 fully saturated rings. The number of hydrogen-bond donors (Lipinski definition) is 3. The van der Waals surface area contributed by atoms with Crippen molar-refractivity contribution in [3.63, 3.8) is 0 Å². The maximum atomic E-state index is 14.0. The Bertz CT molecular complexity index is 1730. The Morgan fingerprint density at radius 1 is 1.08 bits per heavy atom. The Hall–Kier alpha value is -4.05. The van der Waals surface area contributed by atoms with Gasteiger partial charge in [-0.15, -0.1) is 0 Å². The molecule has 5 aromatic rings. The molecule has 8 nitrogen and oxygen atoms in total. The molecule has 0 saturated heterocycles. The number of rotatable bonds is 7. The molecule has 1 aliphatic carbocycles. The number of aromatic nitrogens is 5. The van der Waals surface area contributed by atoms with Crippen molar-refractivity contribution >= 4 is 28.7 Å². The second-order valence-corrected chi connectivity index (χ2v) is 10.9. The highest BCUT2D eigenvalue weighted by molar-refractivity contribution is 8.01. The summed E-state index contributed by atoms with van der Waals surface area (Å²) in [5.74, 6) is 2.03. The van der Waals surface area contributed by atoms with E-state index in [2.05, 4.69) is 24.9 Å². The van der Waals surface area contributed by atoms with Crippen LogP contribution < -0.4 is 14.9 Å². The number of anilines is 1. The quantitative estimate of drug-likeness (QED) is 0.208. The van der Waals surface area contributed by atoms with Gasteiger partial charge in [0.25, 0.3) is 0 Å². The molecule has 0 spiro atoms. The van der Waals surface area contributed by atoms with Gasteiger partial charge < -0.3 is 19.0 Å². The number of ether oxygens (including phenoxy) is 1. The van der Waals surface area contributed by atoms with Gasteiger partial charge in [0.2, 0.25) is 5.43 Å². The van der Waals surface area contributed by atoms with Crippen molar-refractivity contribution in [3.05, 3.63) is 81.2 Å². The van der Waals surface area contributed by atoms with Gasteiger partial charge in [0.1, 0.15) is 22.9 Å². The highest BCUT2D eigenvalue weighted by atomic mass is 32.2. The summed E-state index contributed by atoms with van der Waals surface area (Å²) >= 11 is 1.71. The van der Waals surface area contributed by atoms with E-state index in [9.17, 15) is 9.18 Å². The van der Waals surface area contributed by atoms with Crippen molar-refractivity contribution in [3.8, 4) is 28.7 Å². The maximum absolute atomic E-state index is 14.0. The van der Waals surface area contributed by atoms with Gasteiger partial charge in [-0.1, -0.05) is 0 Å². The number of aryl methyl sites for hydroxylation is 4. The molecule has 0 aliphatic heterocycles. The highest BCUT2D eigenvalue weighted by Gasteiger charge is 2.23. The Kier molecular flexibility index (Phi) is 5.98.